The molecule has 2 aromatic rings. The highest BCUT2D eigenvalue weighted by Crippen LogP contribution is 2.39. The van der Waals surface area contributed by atoms with Gasteiger partial charge in [0.25, 0.3) is 0 Å². The molecule has 1 aromatic heterocycles. The Hall–Kier alpha value is -1.97. The van der Waals surface area contributed by atoms with Gasteiger partial charge < -0.3 is 19.8 Å². The van der Waals surface area contributed by atoms with Gasteiger partial charge in [-0.25, -0.2) is 4.68 Å². The Bertz CT molecular complexity index is 855. The molecule has 27 heavy (non-hydrogen) atoms. The second-order valence-corrected chi connectivity index (χ2v) is 7.86. The van der Waals surface area contributed by atoms with Gasteiger partial charge >= 0.3 is 0 Å². The lowest BCUT2D eigenvalue weighted by atomic mass is 10.0. The zero-order valence-corrected chi connectivity index (χ0v) is 16.6. The number of carbonyl (C=O) groups excluding carboxylic acids is 1. The first-order chi connectivity index (χ1) is 13.1. The first-order valence-electron chi connectivity index (χ1n) is 8.63. The number of aromatic nitrogens is 3. The maximum Gasteiger partial charge on any atom is 0.238 e. The van der Waals surface area contributed by atoms with Gasteiger partial charge in [-0.05, 0) is 24.6 Å². The number of nitrogens with zero attached hydrogens (tertiary/aromatic N) is 4. The summed E-state index contributed by atoms with van der Waals surface area (Å²) in [5.74, 6) is 1.39. The van der Waals surface area contributed by atoms with Crippen LogP contribution in [0.25, 0.3) is 0 Å². The topological polar surface area (TPSA) is 81.5 Å². The number of thioether (sulfide) groups is 1. The Morgan fingerprint density at radius 1 is 1.37 bits per heavy atom. The van der Waals surface area contributed by atoms with Crippen LogP contribution in [-0.2, 0) is 9.53 Å². The molecule has 8 nitrogen and oxygen atoms in total. The van der Waals surface area contributed by atoms with Gasteiger partial charge in [0.2, 0.25) is 11.1 Å². The highest BCUT2D eigenvalue weighted by Gasteiger charge is 2.40. The van der Waals surface area contributed by atoms with Gasteiger partial charge in [0.1, 0.15) is 16.8 Å². The van der Waals surface area contributed by atoms with E-state index in [1.807, 2.05) is 34.7 Å². The van der Waals surface area contributed by atoms with Gasteiger partial charge in [0.15, 0.2) is 0 Å². The molecule has 2 aliphatic rings. The van der Waals surface area contributed by atoms with Crippen LogP contribution in [0.5, 0.6) is 5.75 Å². The average molecular weight is 410 g/mol. The number of methoxy groups -OCH3 is 1. The van der Waals surface area contributed by atoms with E-state index >= 15 is 0 Å². The molecule has 0 spiro atoms. The van der Waals surface area contributed by atoms with Crippen LogP contribution in [0.3, 0.4) is 0 Å². The predicted octanol–water partition coefficient (Wildman–Crippen LogP) is 1.87. The lowest BCUT2D eigenvalue weighted by Crippen LogP contribution is -2.49. The summed E-state index contributed by atoms with van der Waals surface area (Å²) in [7, 11) is 1.58. The minimum Gasteiger partial charge on any atom is -0.495 e. The minimum absolute atomic E-state index is 0.0552. The van der Waals surface area contributed by atoms with E-state index in [4.69, 9.17) is 21.1 Å². The van der Waals surface area contributed by atoms with Crippen molar-refractivity contribution in [1.29, 1.82) is 0 Å². The van der Waals surface area contributed by atoms with E-state index in [-0.39, 0.29) is 17.2 Å². The molecule has 2 aliphatic heterocycles. The van der Waals surface area contributed by atoms with Crippen LogP contribution in [-0.4, -0.2) is 64.3 Å². The molecule has 1 amide bonds. The molecule has 10 heteroatoms. The van der Waals surface area contributed by atoms with E-state index in [2.05, 4.69) is 15.6 Å². The van der Waals surface area contributed by atoms with Crippen LogP contribution >= 0.6 is 23.4 Å². The molecule has 144 valence electrons. The van der Waals surface area contributed by atoms with Crippen LogP contribution in [0, 0.1) is 6.92 Å². The summed E-state index contributed by atoms with van der Waals surface area (Å²) in [5, 5.41) is 9.09. The summed E-state index contributed by atoms with van der Waals surface area (Å²) in [6.45, 7) is 4.18. The molecule has 0 radical (unpaired) electrons. The van der Waals surface area contributed by atoms with Gasteiger partial charge in [-0.1, -0.05) is 29.4 Å². The third-order valence-corrected chi connectivity index (χ3v) is 6.20. The third-order valence-electron chi connectivity index (χ3n) is 4.70. The standard InChI is InChI=1S/C17H20ClN5O3S/c1-10-19-20-17-23(10)21-14(11-3-4-13(25-2)12(18)9-11)15(27-17)16(24)22-5-7-26-8-6-22/h3-4,9,14-15,21H,5-8H2,1-2H3/t14-,15-/m1/s1. The second-order valence-electron chi connectivity index (χ2n) is 6.34. The van der Waals surface area contributed by atoms with Crippen LogP contribution in [0.1, 0.15) is 17.4 Å². The highest BCUT2D eigenvalue weighted by atomic mass is 35.5. The summed E-state index contributed by atoms with van der Waals surface area (Å²) in [6, 6.07) is 5.29. The van der Waals surface area contributed by atoms with E-state index in [1.54, 1.807) is 7.11 Å². The molecule has 4 rings (SSSR count). The highest BCUT2D eigenvalue weighted by molar-refractivity contribution is 8.00. The van der Waals surface area contributed by atoms with Gasteiger partial charge in [-0.2, -0.15) is 0 Å². The number of benzene rings is 1. The number of ether oxygens (including phenoxy) is 2. The maximum atomic E-state index is 13.3. The van der Waals surface area contributed by atoms with Gasteiger partial charge in [0.05, 0.1) is 31.4 Å². The number of rotatable bonds is 3. The largest absolute Gasteiger partial charge is 0.495 e. The molecule has 1 aromatic carbocycles. The minimum atomic E-state index is -0.385. The number of hydrogen-bond donors (Lipinski definition) is 1. The van der Waals surface area contributed by atoms with Crippen LogP contribution in [0.2, 0.25) is 5.02 Å². The molecule has 0 bridgehead atoms. The van der Waals surface area contributed by atoms with Crippen molar-refractivity contribution in [3.63, 3.8) is 0 Å². The number of halogens is 1. The van der Waals surface area contributed by atoms with Crippen LogP contribution < -0.4 is 10.2 Å². The van der Waals surface area contributed by atoms with E-state index in [1.165, 1.54) is 11.8 Å². The Kier molecular flexibility index (Phi) is 5.16. The first-order valence-corrected chi connectivity index (χ1v) is 9.89. The predicted molar refractivity (Wildman–Crippen MR) is 102 cm³/mol. The van der Waals surface area contributed by atoms with Crippen molar-refractivity contribution in [2.24, 2.45) is 0 Å². The monoisotopic (exact) mass is 409 g/mol. The third kappa shape index (κ3) is 3.46. The van der Waals surface area contributed by atoms with Crippen molar-refractivity contribution in [2.45, 2.75) is 23.4 Å². The molecule has 3 heterocycles. The Morgan fingerprint density at radius 3 is 2.85 bits per heavy atom. The smallest absolute Gasteiger partial charge is 0.238 e. The number of nitrogens with one attached hydrogen (secondary N) is 1. The van der Waals surface area contributed by atoms with Crippen LogP contribution in [0.15, 0.2) is 23.4 Å². The SMILES string of the molecule is COc1ccc([C@H]2Nn3c(C)nnc3S[C@H]2C(=O)N2CCOCC2)cc1Cl. The number of fused-ring (bicyclic) bond motifs is 1. The normalized spacial score (nSPS) is 22.1. The van der Waals surface area contributed by atoms with Crippen molar-refractivity contribution in [2.75, 3.05) is 38.8 Å². The summed E-state index contributed by atoms with van der Waals surface area (Å²) in [6.07, 6.45) is 0. The zero-order valence-electron chi connectivity index (χ0n) is 15.0. The lowest BCUT2D eigenvalue weighted by molar-refractivity contribution is -0.135. The average Bonchev–Trinajstić information content (AvgIpc) is 3.07. The molecule has 0 aliphatic carbocycles. The van der Waals surface area contributed by atoms with Gasteiger partial charge in [0, 0.05) is 13.1 Å². The van der Waals surface area contributed by atoms with E-state index in [0.29, 0.717) is 42.2 Å². The van der Waals surface area contributed by atoms with E-state index < -0.39 is 0 Å². The van der Waals surface area contributed by atoms with Crippen molar-refractivity contribution in [1.82, 2.24) is 19.8 Å². The second kappa shape index (κ2) is 7.57. The molecule has 1 fully saturated rings. The fourth-order valence-corrected chi connectivity index (χ4v) is 4.71. The number of morpholine rings is 1. The Morgan fingerprint density at radius 2 is 2.15 bits per heavy atom. The number of amides is 1. The molecule has 1 saturated heterocycles. The van der Waals surface area contributed by atoms with Crippen LogP contribution in [0.4, 0.5) is 0 Å². The van der Waals surface area contributed by atoms with E-state index in [0.717, 1.165) is 11.4 Å². The fraction of sp³-hybridized carbons (Fsp3) is 0.471. The molecule has 0 unspecified atom stereocenters. The van der Waals surface area contributed by atoms with Crippen molar-refractivity contribution in [3.8, 4) is 5.75 Å². The van der Waals surface area contributed by atoms with Gasteiger partial charge in [-0.3, -0.25) is 4.79 Å². The molecular formula is C17H20ClN5O3S. The molecule has 0 saturated carbocycles. The fourth-order valence-electron chi connectivity index (χ4n) is 3.24. The summed E-state index contributed by atoms with van der Waals surface area (Å²) < 4.78 is 12.4. The number of carbonyl (C=O) groups is 1. The van der Waals surface area contributed by atoms with Gasteiger partial charge in [-0.15, -0.1) is 10.2 Å². The molecule has 1 N–H and O–H groups in total. The van der Waals surface area contributed by atoms with Crippen molar-refractivity contribution >= 4 is 29.3 Å². The first kappa shape index (κ1) is 18.4. The number of hydrogen-bond acceptors (Lipinski definition) is 7. The van der Waals surface area contributed by atoms with Crippen molar-refractivity contribution < 1.29 is 14.3 Å². The molecular weight excluding hydrogens is 390 g/mol. The van der Waals surface area contributed by atoms with E-state index in [9.17, 15) is 4.79 Å². The summed E-state index contributed by atoms with van der Waals surface area (Å²) in [5.41, 5.74) is 4.29. The molecule has 2 atom stereocenters. The number of aryl methyl sites for hydroxylation is 1. The zero-order chi connectivity index (χ0) is 19.0. The quantitative estimate of drug-likeness (QED) is 0.828. The summed E-state index contributed by atoms with van der Waals surface area (Å²) in [4.78, 5) is 15.1. The lowest BCUT2D eigenvalue weighted by Gasteiger charge is -2.37. The summed E-state index contributed by atoms with van der Waals surface area (Å²) >= 11 is 7.75. The maximum absolute atomic E-state index is 13.3. The van der Waals surface area contributed by atoms with Crippen molar-refractivity contribution in [3.05, 3.63) is 34.6 Å². The Labute approximate surface area is 166 Å². The Balaban J connectivity index is 1.69.